The number of hydrogen-bond acceptors (Lipinski definition) is 5. The summed E-state index contributed by atoms with van der Waals surface area (Å²) in [4.78, 5) is 25.0. The number of nitrogens with zero attached hydrogens (tertiary/aromatic N) is 3. The summed E-state index contributed by atoms with van der Waals surface area (Å²) in [7, 11) is 0. The predicted molar refractivity (Wildman–Crippen MR) is 84.9 cm³/mol. The minimum atomic E-state index is -0.624. The van der Waals surface area contributed by atoms with Gasteiger partial charge in [-0.15, -0.1) is 0 Å². The van der Waals surface area contributed by atoms with Gasteiger partial charge >= 0.3 is 0 Å². The van der Waals surface area contributed by atoms with Gasteiger partial charge in [0.1, 0.15) is 11.6 Å². The van der Waals surface area contributed by atoms with E-state index in [4.69, 9.17) is 4.74 Å². The fraction of sp³-hybridized carbons (Fsp3) is 0.438. The van der Waals surface area contributed by atoms with Gasteiger partial charge in [0.25, 0.3) is 0 Å². The first-order chi connectivity index (χ1) is 11.1. The van der Waals surface area contributed by atoms with E-state index in [2.05, 4.69) is 21.5 Å². The van der Waals surface area contributed by atoms with Crippen molar-refractivity contribution in [2.75, 3.05) is 13.1 Å². The molecule has 1 amide bonds. The SMILES string of the molecule is C=CC(=O)N1CCC(Oc2cnc3[nH]cc(C(C)O)c3n2)CC1. The van der Waals surface area contributed by atoms with E-state index in [0.29, 0.717) is 35.7 Å². The number of aromatic nitrogens is 3. The van der Waals surface area contributed by atoms with Crippen LogP contribution >= 0.6 is 0 Å². The molecule has 0 aromatic carbocycles. The third-order valence-electron chi connectivity index (χ3n) is 4.05. The van der Waals surface area contributed by atoms with Crippen molar-refractivity contribution in [3.8, 4) is 5.88 Å². The largest absolute Gasteiger partial charge is 0.473 e. The lowest BCUT2D eigenvalue weighted by atomic mass is 10.1. The number of fused-ring (bicyclic) bond motifs is 1. The number of carbonyl (C=O) groups excluding carboxylic acids is 1. The predicted octanol–water partition coefficient (Wildman–Crippen LogP) is 1.57. The summed E-state index contributed by atoms with van der Waals surface area (Å²) in [5, 5.41) is 9.75. The molecule has 0 spiro atoms. The van der Waals surface area contributed by atoms with Gasteiger partial charge in [-0.05, 0) is 13.0 Å². The first-order valence-corrected chi connectivity index (χ1v) is 7.68. The van der Waals surface area contributed by atoms with Gasteiger partial charge < -0.3 is 19.7 Å². The van der Waals surface area contributed by atoms with Crippen molar-refractivity contribution >= 4 is 17.1 Å². The van der Waals surface area contributed by atoms with Gasteiger partial charge in [-0.25, -0.2) is 9.97 Å². The second-order valence-corrected chi connectivity index (χ2v) is 5.67. The lowest BCUT2D eigenvalue weighted by Crippen LogP contribution is -2.41. The van der Waals surface area contributed by atoms with Crippen LogP contribution in [-0.2, 0) is 4.79 Å². The normalized spacial score (nSPS) is 17.2. The fourth-order valence-electron chi connectivity index (χ4n) is 2.76. The van der Waals surface area contributed by atoms with Crippen molar-refractivity contribution in [2.45, 2.75) is 32.0 Å². The highest BCUT2D eigenvalue weighted by Crippen LogP contribution is 2.24. The molecule has 1 aliphatic rings. The Kier molecular flexibility index (Phi) is 4.29. The topological polar surface area (TPSA) is 91.3 Å². The van der Waals surface area contributed by atoms with E-state index in [1.54, 1.807) is 24.2 Å². The van der Waals surface area contributed by atoms with Crippen molar-refractivity contribution in [2.24, 2.45) is 0 Å². The summed E-state index contributed by atoms with van der Waals surface area (Å²) in [6.07, 6.45) is 5.49. The number of H-pyrrole nitrogens is 1. The van der Waals surface area contributed by atoms with Crippen LogP contribution in [0.1, 0.15) is 31.4 Å². The molecule has 0 radical (unpaired) electrons. The number of amides is 1. The molecule has 1 saturated heterocycles. The second-order valence-electron chi connectivity index (χ2n) is 5.67. The quantitative estimate of drug-likeness (QED) is 0.835. The monoisotopic (exact) mass is 316 g/mol. The molecule has 2 N–H and O–H groups in total. The van der Waals surface area contributed by atoms with Crippen LogP contribution in [-0.4, -0.2) is 50.1 Å². The van der Waals surface area contributed by atoms with E-state index in [0.717, 1.165) is 12.8 Å². The smallest absolute Gasteiger partial charge is 0.245 e. The summed E-state index contributed by atoms with van der Waals surface area (Å²) in [6.45, 7) is 6.48. The van der Waals surface area contributed by atoms with Crippen molar-refractivity contribution < 1.29 is 14.6 Å². The highest BCUT2D eigenvalue weighted by atomic mass is 16.5. The Morgan fingerprint density at radius 1 is 1.57 bits per heavy atom. The van der Waals surface area contributed by atoms with Crippen LogP contribution in [0.5, 0.6) is 5.88 Å². The van der Waals surface area contributed by atoms with Crippen LogP contribution in [0.3, 0.4) is 0 Å². The third kappa shape index (κ3) is 3.19. The van der Waals surface area contributed by atoms with E-state index < -0.39 is 6.10 Å². The van der Waals surface area contributed by atoms with Crippen LogP contribution in [0, 0.1) is 0 Å². The van der Waals surface area contributed by atoms with E-state index in [1.807, 2.05) is 0 Å². The second kappa shape index (κ2) is 6.37. The number of aliphatic hydroxyl groups is 1. The first-order valence-electron chi connectivity index (χ1n) is 7.68. The lowest BCUT2D eigenvalue weighted by Gasteiger charge is -2.31. The zero-order valence-corrected chi connectivity index (χ0v) is 13.0. The molecule has 3 rings (SSSR count). The molecule has 0 aliphatic carbocycles. The molecule has 2 aromatic rings. The summed E-state index contributed by atoms with van der Waals surface area (Å²) in [5.41, 5.74) is 1.95. The molecule has 0 saturated carbocycles. The number of hydrogen-bond donors (Lipinski definition) is 2. The molecule has 1 fully saturated rings. The van der Waals surface area contributed by atoms with E-state index in [-0.39, 0.29) is 12.0 Å². The number of ether oxygens (including phenoxy) is 1. The van der Waals surface area contributed by atoms with Crippen LogP contribution in [0.2, 0.25) is 0 Å². The molecule has 3 heterocycles. The summed E-state index contributed by atoms with van der Waals surface area (Å²) < 4.78 is 5.90. The molecule has 0 bridgehead atoms. The van der Waals surface area contributed by atoms with Crippen LogP contribution in [0.15, 0.2) is 25.0 Å². The van der Waals surface area contributed by atoms with Gasteiger partial charge in [0, 0.05) is 37.7 Å². The highest BCUT2D eigenvalue weighted by Gasteiger charge is 2.23. The van der Waals surface area contributed by atoms with Gasteiger partial charge in [-0.2, -0.15) is 0 Å². The Morgan fingerprint density at radius 2 is 2.30 bits per heavy atom. The van der Waals surface area contributed by atoms with Gasteiger partial charge in [0.2, 0.25) is 11.8 Å². The summed E-state index contributed by atoms with van der Waals surface area (Å²) in [5.74, 6) is 0.394. The molecule has 7 heteroatoms. The number of carbonyl (C=O) groups is 1. The first kappa shape index (κ1) is 15.5. The molecule has 1 aliphatic heterocycles. The maximum absolute atomic E-state index is 11.6. The van der Waals surface area contributed by atoms with Crippen LogP contribution in [0.4, 0.5) is 0 Å². The number of nitrogens with one attached hydrogen (secondary N) is 1. The highest BCUT2D eigenvalue weighted by molar-refractivity contribution is 5.87. The van der Waals surface area contributed by atoms with Crippen molar-refractivity contribution in [1.29, 1.82) is 0 Å². The maximum Gasteiger partial charge on any atom is 0.245 e. The van der Waals surface area contributed by atoms with Crippen molar-refractivity contribution in [3.05, 3.63) is 30.6 Å². The number of likely N-dealkylation sites (tertiary alicyclic amines) is 1. The molecule has 1 unspecified atom stereocenters. The van der Waals surface area contributed by atoms with Gasteiger partial charge in [0.05, 0.1) is 12.3 Å². The van der Waals surface area contributed by atoms with Gasteiger partial charge in [-0.1, -0.05) is 6.58 Å². The fourth-order valence-corrected chi connectivity index (χ4v) is 2.76. The number of piperidine rings is 1. The minimum absolute atomic E-state index is 0.00422. The number of aliphatic hydroxyl groups excluding tert-OH is 1. The van der Waals surface area contributed by atoms with Gasteiger partial charge in [0.15, 0.2) is 5.65 Å². The molecule has 122 valence electrons. The van der Waals surface area contributed by atoms with E-state index in [1.165, 1.54) is 6.08 Å². The van der Waals surface area contributed by atoms with Gasteiger partial charge in [-0.3, -0.25) is 4.79 Å². The Bertz CT molecular complexity index is 717. The molecule has 2 aromatic heterocycles. The summed E-state index contributed by atoms with van der Waals surface area (Å²) in [6, 6.07) is 0. The zero-order valence-electron chi connectivity index (χ0n) is 13.0. The van der Waals surface area contributed by atoms with Crippen LogP contribution in [0.25, 0.3) is 11.2 Å². The maximum atomic E-state index is 11.6. The molecule has 1 atom stereocenters. The lowest BCUT2D eigenvalue weighted by molar-refractivity contribution is -0.127. The Balaban J connectivity index is 1.69. The van der Waals surface area contributed by atoms with E-state index >= 15 is 0 Å². The standard InChI is InChI=1S/C16H20N4O3/c1-3-14(22)20-6-4-11(5-7-20)23-13-9-18-16-15(19-13)12(8-17-16)10(2)21/h3,8-11,21H,1,4-7H2,2H3,(H,17,18). The van der Waals surface area contributed by atoms with Crippen molar-refractivity contribution in [3.63, 3.8) is 0 Å². The molecular weight excluding hydrogens is 296 g/mol. The average Bonchev–Trinajstić information content (AvgIpc) is 2.98. The summed E-state index contributed by atoms with van der Waals surface area (Å²) >= 11 is 0. The van der Waals surface area contributed by atoms with E-state index in [9.17, 15) is 9.90 Å². The zero-order chi connectivity index (χ0) is 16.4. The minimum Gasteiger partial charge on any atom is -0.473 e. The average molecular weight is 316 g/mol. The molecule has 7 nitrogen and oxygen atoms in total. The molecule has 23 heavy (non-hydrogen) atoms. The number of aromatic amines is 1. The Morgan fingerprint density at radius 3 is 2.96 bits per heavy atom. The third-order valence-corrected chi connectivity index (χ3v) is 4.05. The van der Waals surface area contributed by atoms with Crippen molar-refractivity contribution in [1.82, 2.24) is 19.9 Å². The molecular formula is C16H20N4O3. The number of rotatable bonds is 4. The Labute approximate surface area is 134 Å². The van der Waals surface area contributed by atoms with Crippen LogP contribution < -0.4 is 4.74 Å². The Hall–Kier alpha value is -2.41.